The first-order valence-electron chi connectivity index (χ1n) is 7.99. The zero-order valence-corrected chi connectivity index (χ0v) is 13.1. The fourth-order valence-corrected chi connectivity index (χ4v) is 3.05. The van der Waals surface area contributed by atoms with E-state index < -0.39 is 0 Å². The minimum absolute atomic E-state index is 0.155. The molecule has 0 radical (unpaired) electrons. The number of aromatic nitrogens is 3. The molecule has 2 aromatic heterocycles. The van der Waals surface area contributed by atoms with Crippen LogP contribution in [0, 0.1) is 5.82 Å². The molecule has 1 aliphatic rings. The number of benzene rings is 1. The highest BCUT2D eigenvalue weighted by Gasteiger charge is 2.28. The topological polar surface area (TPSA) is 55.1 Å². The summed E-state index contributed by atoms with van der Waals surface area (Å²) in [5.74, 6) is 1.17. The van der Waals surface area contributed by atoms with Crippen LogP contribution in [0.5, 0.6) is 0 Å². The number of nitrogens with zero attached hydrogens (tertiary/aromatic N) is 4. The molecule has 1 aromatic carbocycles. The molecule has 1 saturated heterocycles. The van der Waals surface area contributed by atoms with Gasteiger partial charge in [-0.05, 0) is 31.2 Å². The van der Waals surface area contributed by atoms with Crippen molar-refractivity contribution < 1.29 is 8.81 Å². The van der Waals surface area contributed by atoms with Gasteiger partial charge in [0.05, 0.1) is 11.5 Å². The van der Waals surface area contributed by atoms with Crippen molar-refractivity contribution in [3.05, 3.63) is 66.1 Å². The Bertz CT molecular complexity index is 821. The van der Waals surface area contributed by atoms with E-state index in [1.165, 1.54) is 6.07 Å². The molecule has 3 heterocycles. The third-order valence-electron chi connectivity index (χ3n) is 4.32. The summed E-state index contributed by atoms with van der Waals surface area (Å²) in [7, 11) is 0. The van der Waals surface area contributed by atoms with Crippen LogP contribution in [-0.2, 0) is 6.54 Å². The lowest BCUT2D eigenvalue weighted by Crippen LogP contribution is -2.20. The van der Waals surface area contributed by atoms with Gasteiger partial charge in [-0.15, -0.1) is 10.2 Å². The highest BCUT2D eigenvalue weighted by atomic mass is 19.1. The van der Waals surface area contributed by atoms with Gasteiger partial charge in [0.2, 0.25) is 11.8 Å². The summed E-state index contributed by atoms with van der Waals surface area (Å²) in [6.07, 6.45) is 4.35. The van der Waals surface area contributed by atoms with Crippen LogP contribution in [-0.4, -0.2) is 33.2 Å². The van der Waals surface area contributed by atoms with Crippen LogP contribution in [0.1, 0.15) is 23.8 Å². The van der Waals surface area contributed by atoms with E-state index in [2.05, 4.69) is 20.1 Å². The maximum atomic E-state index is 13.8. The maximum absolute atomic E-state index is 13.8. The van der Waals surface area contributed by atoms with Crippen molar-refractivity contribution >= 4 is 0 Å². The highest BCUT2D eigenvalue weighted by molar-refractivity contribution is 5.50. The lowest BCUT2D eigenvalue weighted by Gasteiger charge is -2.15. The molecule has 0 bridgehead atoms. The van der Waals surface area contributed by atoms with Crippen molar-refractivity contribution in [2.45, 2.75) is 18.9 Å². The van der Waals surface area contributed by atoms with Crippen molar-refractivity contribution in [3.8, 4) is 11.5 Å². The van der Waals surface area contributed by atoms with Crippen molar-refractivity contribution in [2.75, 3.05) is 13.1 Å². The van der Waals surface area contributed by atoms with Gasteiger partial charge >= 0.3 is 0 Å². The average Bonchev–Trinajstić information content (AvgIpc) is 3.27. The summed E-state index contributed by atoms with van der Waals surface area (Å²) in [6, 6.07) is 10.6. The van der Waals surface area contributed by atoms with Gasteiger partial charge in [-0.3, -0.25) is 9.88 Å². The van der Waals surface area contributed by atoms with E-state index >= 15 is 0 Å². The van der Waals surface area contributed by atoms with E-state index in [0.29, 0.717) is 18.3 Å². The molecule has 1 fully saturated rings. The smallest absolute Gasteiger partial charge is 0.249 e. The minimum atomic E-state index is -0.155. The number of hydrogen-bond acceptors (Lipinski definition) is 5. The Kier molecular flexibility index (Phi) is 4.04. The Labute approximate surface area is 139 Å². The largest absolute Gasteiger partial charge is 0.420 e. The number of rotatable bonds is 4. The summed E-state index contributed by atoms with van der Waals surface area (Å²) in [5, 5.41) is 8.31. The summed E-state index contributed by atoms with van der Waals surface area (Å²) < 4.78 is 19.6. The molecule has 0 N–H and O–H groups in total. The Morgan fingerprint density at radius 1 is 1.17 bits per heavy atom. The molecule has 1 aliphatic heterocycles. The standard InChI is InChI=1S/C18H17FN4O/c19-16-6-2-1-4-14(16)11-23-9-7-15(12-23)18-22-21-17(24-18)13-5-3-8-20-10-13/h1-6,8,10,15H,7,9,11-12H2/t15-/m0/s1. The lowest BCUT2D eigenvalue weighted by molar-refractivity contribution is 0.315. The molecular weight excluding hydrogens is 307 g/mol. The van der Waals surface area contributed by atoms with Gasteiger partial charge < -0.3 is 4.42 Å². The predicted molar refractivity (Wildman–Crippen MR) is 86.6 cm³/mol. The monoisotopic (exact) mass is 324 g/mol. The lowest BCUT2D eigenvalue weighted by atomic mass is 10.1. The third kappa shape index (κ3) is 3.05. The van der Waals surface area contributed by atoms with E-state index in [9.17, 15) is 4.39 Å². The number of hydrogen-bond donors (Lipinski definition) is 0. The van der Waals surface area contributed by atoms with Crippen molar-refractivity contribution in [1.29, 1.82) is 0 Å². The first kappa shape index (κ1) is 15.0. The van der Waals surface area contributed by atoms with Crippen molar-refractivity contribution in [1.82, 2.24) is 20.1 Å². The molecule has 0 aliphatic carbocycles. The van der Waals surface area contributed by atoms with Gasteiger partial charge in [-0.1, -0.05) is 18.2 Å². The number of likely N-dealkylation sites (tertiary alicyclic amines) is 1. The van der Waals surface area contributed by atoms with Crippen molar-refractivity contribution in [2.24, 2.45) is 0 Å². The van der Waals surface area contributed by atoms with Crippen LogP contribution >= 0.6 is 0 Å². The molecule has 5 nitrogen and oxygen atoms in total. The molecule has 24 heavy (non-hydrogen) atoms. The fraction of sp³-hybridized carbons (Fsp3) is 0.278. The molecule has 4 rings (SSSR count). The molecule has 0 spiro atoms. The number of pyridine rings is 1. The second-order valence-electron chi connectivity index (χ2n) is 6.00. The fourth-order valence-electron chi connectivity index (χ4n) is 3.05. The highest BCUT2D eigenvalue weighted by Crippen LogP contribution is 2.29. The van der Waals surface area contributed by atoms with Crippen molar-refractivity contribution in [3.63, 3.8) is 0 Å². The Morgan fingerprint density at radius 3 is 2.92 bits per heavy atom. The van der Waals surface area contributed by atoms with E-state index in [0.717, 1.165) is 30.6 Å². The van der Waals surface area contributed by atoms with Gasteiger partial charge in [0, 0.05) is 31.0 Å². The van der Waals surface area contributed by atoms with E-state index in [1.807, 2.05) is 24.3 Å². The number of halogens is 1. The van der Waals surface area contributed by atoms with Crippen LogP contribution in [0.15, 0.2) is 53.2 Å². The van der Waals surface area contributed by atoms with E-state index in [1.54, 1.807) is 18.5 Å². The van der Waals surface area contributed by atoms with Gasteiger partial charge in [0.15, 0.2) is 0 Å². The normalized spacial score (nSPS) is 18.1. The molecule has 1 atom stereocenters. The first-order chi connectivity index (χ1) is 11.8. The summed E-state index contributed by atoms with van der Waals surface area (Å²) in [5.41, 5.74) is 1.54. The molecule has 6 heteroatoms. The van der Waals surface area contributed by atoms with E-state index in [-0.39, 0.29) is 11.7 Å². The Hall–Kier alpha value is -2.60. The van der Waals surface area contributed by atoms with Crippen LogP contribution in [0.25, 0.3) is 11.5 Å². The molecule has 0 amide bonds. The van der Waals surface area contributed by atoms with Gasteiger partial charge in [-0.2, -0.15) is 0 Å². The third-order valence-corrected chi connectivity index (χ3v) is 4.32. The Balaban J connectivity index is 1.44. The maximum Gasteiger partial charge on any atom is 0.249 e. The zero-order chi connectivity index (χ0) is 16.4. The molecule has 0 unspecified atom stereocenters. The average molecular weight is 324 g/mol. The summed E-state index contributed by atoms with van der Waals surface area (Å²) in [4.78, 5) is 6.28. The second-order valence-corrected chi connectivity index (χ2v) is 6.00. The zero-order valence-electron chi connectivity index (χ0n) is 13.1. The SMILES string of the molecule is Fc1ccccc1CN1CC[C@H](c2nnc(-c3cccnc3)o2)C1. The summed E-state index contributed by atoms with van der Waals surface area (Å²) in [6.45, 7) is 2.29. The molecule has 0 saturated carbocycles. The van der Waals surface area contributed by atoms with E-state index in [4.69, 9.17) is 4.42 Å². The van der Waals surface area contributed by atoms with Gasteiger partial charge in [-0.25, -0.2) is 4.39 Å². The molecular formula is C18H17FN4O. The molecule has 122 valence electrons. The van der Waals surface area contributed by atoms with Crippen LogP contribution < -0.4 is 0 Å². The molecule has 3 aromatic rings. The van der Waals surface area contributed by atoms with Crippen LogP contribution in [0.3, 0.4) is 0 Å². The van der Waals surface area contributed by atoms with Gasteiger partial charge in [0.25, 0.3) is 0 Å². The second kappa shape index (κ2) is 6.49. The first-order valence-corrected chi connectivity index (χ1v) is 7.99. The van der Waals surface area contributed by atoms with Crippen LogP contribution in [0.2, 0.25) is 0 Å². The van der Waals surface area contributed by atoms with Gasteiger partial charge in [0.1, 0.15) is 5.82 Å². The minimum Gasteiger partial charge on any atom is -0.420 e. The predicted octanol–water partition coefficient (Wildman–Crippen LogP) is 3.26. The quantitative estimate of drug-likeness (QED) is 0.737. The van der Waals surface area contributed by atoms with Crippen LogP contribution in [0.4, 0.5) is 4.39 Å². The Morgan fingerprint density at radius 2 is 2.08 bits per heavy atom. The summed E-state index contributed by atoms with van der Waals surface area (Å²) >= 11 is 0.